The van der Waals surface area contributed by atoms with Crippen molar-refractivity contribution in [2.24, 2.45) is 5.92 Å². The molecule has 2 fully saturated rings. The second-order valence-electron chi connectivity index (χ2n) is 6.10. The summed E-state index contributed by atoms with van der Waals surface area (Å²) >= 11 is 0. The van der Waals surface area contributed by atoms with E-state index >= 15 is 0 Å². The van der Waals surface area contributed by atoms with Crippen molar-refractivity contribution in [2.45, 2.75) is 44.6 Å². The van der Waals surface area contributed by atoms with E-state index in [-0.39, 0.29) is 11.6 Å². The first-order chi connectivity index (χ1) is 10.2. The Morgan fingerprint density at radius 3 is 2.86 bits per heavy atom. The van der Waals surface area contributed by atoms with Crippen LogP contribution in [0.25, 0.3) is 0 Å². The summed E-state index contributed by atoms with van der Waals surface area (Å²) in [6.45, 7) is 3.33. The van der Waals surface area contributed by atoms with E-state index in [1.807, 2.05) is 6.92 Å². The zero-order chi connectivity index (χ0) is 14.7. The predicted octanol–water partition coefficient (Wildman–Crippen LogP) is 2.26. The topological polar surface area (TPSA) is 76.1 Å². The number of anilines is 1. The summed E-state index contributed by atoms with van der Waals surface area (Å²) in [7, 11) is 0. The van der Waals surface area contributed by atoms with E-state index in [2.05, 4.69) is 20.6 Å². The minimum atomic E-state index is -0.198. The van der Waals surface area contributed by atoms with Crippen LogP contribution in [0.15, 0.2) is 12.4 Å². The summed E-state index contributed by atoms with van der Waals surface area (Å²) in [5, 5.41) is 5.69. The van der Waals surface area contributed by atoms with E-state index in [1.54, 1.807) is 12.4 Å². The van der Waals surface area contributed by atoms with Crippen LogP contribution in [0.3, 0.4) is 0 Å². The van der Waals surface area contributed by atoms with Gasteiger partial charge in [0.2, 0.25) is 0 Å². The van der Waals surface area contributed by atoms with Crippen molar-refractivity contribution in [3.8, 4) is 0 Å². The van der Waals surface area contributed by atoms with Gasteiger partial charge in [0, 0.05) is 13.2 Å². The highest BCUT2D eigenvalue weighted by Crippen LogP contribution is 2.43. The van der Waals surface area contributed by atoms with Gasteiger partial charge in [-0.1, -0.05) is 0 Å². The highest BCUT2D eigenvalue weighted by molar-refractivity contribution is 5.88. The lowest BCUT2D eigenvalue weighted by molar-refractivity contribution is -0.142. The molecule has 1 aromatic heterocycles. The number of carbonyl (C=O) groups excluding carboxylic acids is 1. The van der Waals surface area contributed by atoms with E-state index in [4.69, 9.17) is 4.74 Å². The van der Waals surface area contributed by atoms with Gasteiger partial charge in [0.25, 0.3) is 0 Å². The number of ether oxygens (including phenoxy) is 1. The highest BCUT2D eigenvalue weighted by atomic mass is 16.5. The largest absolute Gasteiger partial charge is 0.375 e. The molecule has 2 amide bonds. The summed E-state index contributed by atoms with van der Waals surface area (Å²) in [5.41, 5.74) is 0.742. The summed E-state index contributed by atoms with van der Waals surface area (Å²) in [5.74, 6) is 1.20. The molecule has 0 radical (unpaired) electrons. The molecule has 1 spiro atoms. The molecule has 1 unspecified atom stereocenters. The molecule has 6 nitrogen and oxygen atoms in total. The number of urea groups is 1. The number of aryl methyl sites for hydroxylation is 1. The summed E-state index contributed by atoms with van der Waals surface area (Å²) < 4.78 is 5.90. The molecule has 0 bridgehead atoms. The standard InChI is InChI=1S/C15H22N4O2/c1-11-16-9-13(10-17-11)19-14(20)18-8-12-3-6-21-15(7-12)4-2-5-15/h9-10,12H,2-8H2,1H3,(H2,18,19,20). The van der Waals surface area contributed by atoms with E-state index in [9.17, 15) is 4.79 Å². The summed E-state index contributed by atoms with van der Waals surface area (Å²) in [4.78, 5) is 20.0. The van der Waals surface area contributed by atoms with Crippen molar-refractivity contribution in [2.75, 3.05) is 18.5 Å². The van der Waals surface area contributed by atoms with Crippen molar-refractivity contribution >= 4 is 11.7 Å². The lowest BCUT2D eigenvalue weighted by atomic mass is 9.72. The average molecular weight is 290 g/mol. The normalized spacial score (nSPS) is 23.4. The molecule has 0 aromatic carbocycles. The van der Waals surface area contributed by atoms with E-state index < -0.39 is 0 Å². The molecule has 1 aromatic rings. The van der Waals surface area contributed by atoms with Crippen molar-refractivity contribution < 1.29 is 9.53 Å². The minimum Gasteiger partial charge on any atom is -0.375 e. The van der Waals surface area contributed by atoms with Gasteiger partial charge in [-0.05, 0) is 44.9 Å². The van der Waals surface area contributed by atoms with Gasteiger partial charge in [-0.15, -0.1) is 0 Å². The van der Waals surface area contributed by atoms with Crippen LogP contribution >= 0.6 is 0 Å². The fourth-order valence-electron chi connectivity index (χ4n) is 3.09. The van der Waals surface area contributed by atoms with E-state index in [0.29, 0.717) is 24.0 Å². The van der Waals surface area contributed by atoms with Gasteiger partial charge in [-0.2, -0.15) is 0 Å². The first-order valence-electron chi connectivity index (χ1n) is 7.63. The fraction of sp³-hybridized carbons (Fsp3) is 0.667. The number of nitrogens with one attached hydrogen (secondary N) is 2. The zero-order valence-corrected chi connectivity index (χ0v) is 12.4. The van der Waals surface area contributed by atoms with Crippen LogP contribution in [0.5, 0.6) is 0 Å². The fourth-order valence-corrected chi connectivity index (χ4v) is 3.09. The molecule has 21 heavy (non-hydrogen) atoms. The molecule has 1 saturated heterocycles. The SMILES string of the molecule is Cc1ncc(NC(=O)NCC2CCOC3(CCC3)C2)cn1. The zero-order valence-electron chi connectivity index (χ0n) is 12.4. The Labute approximate surface area is 124 Å². The van der Waals surface area contributed by atoms with Crippen LogP contribution in [-0.4, -0.2) is 34.8 Å². The number of amides is 2. The van der Waals surface area contributed by atoms with Crippen molar-refractivity contribution in [1.29, 1.82) is 0 Å². The van der Waals surface area contributed by atoms with Crippen LogP contribution in [0.4, 0.5) is 10.5 Å². The Morgan fingerprint density at radius 2 is 2.19 bits per heavy atom. The Hall–Kier alpha value is -1.69. The third kappa shape index (κ3) is 3.50. The first kappa shape index (κ1) is 14.3. The molecule has 2 N–H and O–H groups in total. The quantitative estimate of drug-likeness (QED) is 0.895. The third-order valence-electron chi connectivity index (χ3n) is 4.45. The van der Waals surface area contributed by atoms with Crippen LogP contribution in [0.1, 0.15) is 37.9 Å². The molecular formula is C15H22N4O2. The molecule has 1 aliphatic carbocycles. The van der Waals surface area contributed by atoms with Crippen molar-refractivity contribution in [1.82, 2.24) is 15.3 Å². The van der Waals surface area contributed by atoms with Crippen LogP contribution < -0.4 is 10.6 Å². The minimum absolute atomic E-state index is 0.131. The molecule has 1 atom stereocenters. The van der Waals surface area contributed by atoms with Gasteiger partial charge >= 0.3 is 6.03 Å². The number of rotatable bonds is 3. The van der Waals surface area contributed by atoms with Gasteiger partial charge in [0.1, 0.15) is 5.82 Å². The maximum absolute atomic E-state index is 11.9. The van der Waals surface area contributed by atoms with Gasteiger partial charge in [-0.3, -0.25) is 0 Å². The van der Waals surface area contributed by atoms with Gasteiger partial charge in [0.05, 0.1) is 23.7 Å². The first-order valence-corrected chi connectivity index (χ1v) is 7.63. The molecule has 2 heterocycles. The molecular weight excluding hydrogens is 268 g/mol. The molecule has 114 valence electrons. The molecule has 1 aliphatic heterocycles. The molecule has 6 heteroatoms. The monoisotopic (exact) mass is 290 g/mol. The molecule has 3 rings (SSSR count). The average Bonchev–Trinajstić information content (AvgIpc) is 2.46. The predicted molar refractivity (Wildman–Crippen MR) is 79.0 cm³/mol. The Balaban J connectivity index is 1.44. The van der Waals surface area contributed by atoms with Gasteiger partial charge in [-0.25, -0.2) is 14.8 Å². The number of nitrogens with zero attached hydrogens (tertiary/aromatic N) is 2. The van der Waals surface area contributed by atoms with E-state index in [0.717, 1.165) is 19.4 Å². The van der Waals surface area contributed by atoms with Crippen LogP contribution in [-0.2, 0) is 4.74 Å². The van der Waals surface area contributed by atoms with Crippen LogP contribution in [0.2, 0.25) is 0 Å². The lowest BCUT2D eigenvalue weighted by Crippen LogP contribution is -2.47. The number of hydrogen-bond acceptors (Lipinski definition) is 4. The molecule has 1 saturated carbocycles. The smallest absolute Gasteiger partial charge is 0.319 e. The summed E-state index contributed by atoms with van der Waals surface area (Å²) in [6, 6.07) is -0.198. The van der Waals surface area contributed by atoms with Gasteiger partial charge < -0.3 is 15.4 Å². The van der Waals surface area contributed by atoms with Crippen molar-refractivity contribution in [3.63, 3.8) is 0 Å². The van der Waals surface area contributed by atoms with E-state index in [1.165, 1.54) is 19.3 Å². The Morgan fingerprint density at radius 1 is 1.43 bits per heavy atom. The lowest BCUT2D eigenvalue weighted by Gasteiger charge is -2.47. The van der Waals surface area contributed by atoms with Crippen molar-refractivity contribution in [3.05, 3.63) is 18.2 Å². The third-order valence-corrected chi connectivity index (χ3v) is 4.45. The van der Waals surface area contributed by atoms with Crippen LogP contribution in [0, 0.1) is 12.8 Å². The van der Waals surface area contributed by atoms with Gasteiger partial charge in [0.15, 0.2) is 0 Å². The second-order valence-corrected chi connectivity index (χ2v) is 6.10. The molecule has 2 aliphatic rings. The number of carbonyl (C=O) groups is 1. The highest BCUT2D eigenvalue weighted by Gasteiger charge is 2.42. The maximum Gasteiger partial charge on any atom is 0.319 e. The number of aromatic nitrogens is 2. The second kappa shape index (κ2) is 5.97. The number of hydrogen-bond donors (Lipinski definition) is 2. The maximum atomic E-state index is 11.9. The Bertz CT molecular complexity index is 499. The summed E-state index contributed by atoms with van der Waals surface area (Å²) in [6.07, 6.45) is 8.94. The Kier molecular flexibility index (Phi) is 4.05.